The van der Waals surface area contributed by atoms with E-state index in [0.29, 0.717) is 18.2 Å². The Bertz CT molecular complexity index is 843. The lowest BCUT2D eigenvalue weighted by molar-refractivity contribution is -0.396. The first-order valence-electron chi connectivity index (χ1n) is 6.25. The Labute approximate surface area is 141 Å². The summed E-state index contributed by atoms with van der Waals surface area (Å²) in [6.45, 7) is -2.10. The molecule has 0 aliphatic heterocycles. The van der Waals surface area contributed by atoms with Gasteiger partial charge in [0.1, 0.15) is 4.90 Å². The highest BCUT2D eigenvalue weighted by atomic mass is 32.2. The quantitative estimate of drug-likeness (QED) is 0.275. The van der Waals surface area contributed by atoms with Crippen LogP contribution in [0.3, 0.4) is 0 Å². The normalized spacial score (nSPS) is 12.0. The number of esters is 1. The minimum absolute atomic E-state index is 0.323. The van der Waals surface area contributed by atoms with Crippen molar-refractivity contribution in [2.75, 3.05) is 12.4 Å². The van der Waals surface area contributed by atoms with Gasteiger partial charge in [0.25, 0.3) is 11.4 Å². The molecule has 15 heteroatoms. The Morgan fingerprint density at radius 1 is 1.19 bits per heavy atom. The zero-order valence-electron chi connectivity index (χ0n) is 12.3. The SMILES string of the molecule is O=C(CS(=O)(=O)c1ccc([N+](=O)[O-])cc1[N+](=O)[O-])OCC(F)(F)C(F)F. The van der Waals surface area contributed by atoms with Crippen molar-refractivity contribution in [1.29, 1.82) is 0 Å². The molecule has 0 unspecified atom stereocenters. The molecule has 0 aliphatic rings. The molecule has 26 heavy (non-hydrogen) atoms. The van der Waals surface area contributed by atoms with Gasteiger partial charge in [-0.05, 0) is 6.07 Å². The van der Waals surface area contributed by atoms with Crippen LogP contribution in [0.25, 0.3) is 0 Å². The van der Waals surface area contributed by atoms with E-state index in [0.717, 1.165) is 0 Å². The van der Waals surface area contributed by atoms with E-state index in [1.54, 1.807) is 0 Å². The minimum Gasteiger partial charge on any atom is -0.458 e. The molecule has 0 radical (unpaired) electrons. The fourth-order valence-electron chi connectivity index (χ4n) is 1.54. The predicted octanol–water partition coefficient (Wildman–Crippen LogP) is 1.72. The van der Waals surface area contributed by atoms with E-state index in [9.17, 15) is 51.0 Å². The lowest BCUT2D eigenvalue weighted by Crippen LogP contribution is -2.34. The fraction of sp³-hybridized carbons (Fsp3) is 0.364. The van der Waals surface area contributed by atoms with Gasteiger partial charge in [0, 0.05) is 6.07 Å². The van der Waals surface area contributed by atoms with Gasteiger partial charge in [0.15, 0.2) is 22.2 Å². The molecule has 0 aromatic heterocycles. The summed E-state index contributed by atoms with van der Waals surface area (Å²) in [7, 11) is -4.84. The summed E-state index contributed by atoms with van der Waals surface area (Å²) in [6.07, 6.45) is -4.16. The zero-order chi connectivity index (χ0) is 20.3. The largest absolute Gasteiger partial charge is 0.458 e. The second-order valence-electron chi connectivity index (χ2n) is 4.65. The maximum absolute atomic E-state index is 12.6. The van der Waals surface area contributed by atoms with Crippen LogP contribution in [0.2, 0.25) is 0 Å². The van der Waals surface area contributed by atoms with E-state index in [-0.39, 0.29) is 0 Å². The van der Waals surface area contributed by atoms with Crippen molar-refractivity contribution in [1.82, 2.24) is 0 Å². The molecule has 1 aromatic carbocycles. The van der Waals surface area contributed by atoms with Gasteiger partial charge in [-0.1, -0.05) is 0 Å². The van der Waals surface area contributed by atoms with Crippen LogP contribution in [-0.4, -0.2) is 48.9 Å². The molecular weight excluding hydrogens is 396 g/mol. The van der Waals surface area contributed by atoms with Crippen molar-refractivity contribution in [3.05, 3.63) is 38.4 Å². The van der Waals surface area contributed by atoms with Gasteiger partial charge in [0.2, 0.25) is 0 Å². The fourth-order valence-corrected chi connectivity index (χ4v) is 2.82. The van der Waals surface area contributed by atoms with Crippen LogP contribution in [-0.2, 0) is 19.4 Å². The number of nitrogens with zero attached hydrogens (tertiary/aromatic N) is 2. The molecule has 1 rings (SSSR count). The van der Waals surface area contributed by atoms with Gasteiger partial charge in [-0.2, -0.15) is 8.78 Å². The molecule has 0 saturated carbocycles. The molecule has 0 heterocycles. The molecule has 0 aliphatic carbocycles. The highest BCUT2D eigenvalue weighted by molar-refractivity contribution is 7.92. The van der Waals surface area contributed by atoms with Crippen molar-refractivity contribution in [3.63, 3.8) is 0 Å². The van der Waals surface area contributed by atoms with E-state index in [1.165, 1.54) is 0 Å². The molecule has 144 valence electrons. The van der Waals surface area contributed by atoms with Crippen molar-refractivity contribution in [2.45, 2.75) is 17.2 Å². The first-order chi connectivity index (χ1) is 11.8. The lowest BCUT2D eigenvalue weighted by Gasteiger charge is -2.15. The predicted molar refractivity (Wildman–Crippen MR) is 73.7 cm³/mol. The molecule has 0 fully saturated rings. The summed E-state index contributed by atoms with van der Waals surface area (Å²) in [6, 6.07) is 1.41. The zero-order valence-corrected chi connectivity index (χ0v) is 13.1. The molecule has 1 aromatic rings. The Kier molecular flexibility index (Phi) is 6.19. The number of ether oxygens (including phenoxy) is 1. The van der Waals surface area contributed by atoms with Crippen LogP contribution in [0.4, 0.5) is 28.9 Å². The maximum atomic E-state index is 12.6. The third-order valence-electron chi connectivity index (χ3n) is 2.74. The number of nitro groups is 2. The average Bonchev–Trinajstić information content (AvgIpc) is 2.51. The van der Waals surface area contributed by atoms with Crippen LogP contribution >= 0.6 is 0 Å². The number of nitro benzene ring substituents is 2. The molecular formula is C11H8F4N2O8S. The maximum Gasteiger partial charge on any atom is 0.340 e. The van der Waals surface area contributed by atoms with Gasteiger partial charge in [0.05, 0.1) is 15.9 Å². The Balaban J connectivity index is 3.06. The number of benzene rings is 1. The molecule has 0 N–H and O–H groups in total. The van der Waals surface area contributed by atoms with E-state index in [2.05, 4.69) is 4.74 Å². The highest BCUT2D eigenvalue weighted by Gasteiger charge is 2.42. The number of non-ortho nitro benzene ring substituents is 1. The van der Waals surface area contributed by atoms with Crippen molar-refractivity contribution in [2.24, 2.45) is 0 Å². The van der Waals surface area contributed by atoms with Crippen molar-refractivity contribution < 1.29 is 45.4 Å². The first-order valence-corrected chi connectivity index (χ1v) is 7.90. The minimum atomic E-state index is -4.84. The van der Waals surface area contributed by atoms with Gasteiger partial charge >= 0.3 is 18.3 Å². The van der Waals surface area contributed by atoms with Crippen LogP contribution in [0, 0.1) is 20.2 Å². The molecule has 0 atom stereocenters. The number of hydrogen-bond donors (Lipinski definition) is 0. The number of carbonyl (C=O) groups is 1. The number of rotatable bonds is 8. The van der Waals surface area contributed by atoms with Crippen LogP contribution in [0.15, 0.2) is 23.1 Å². The number of alkyl halides is 4. The monoisotopic (exact) mass is 404 g/mol. The molecule has 0 saturated heterocycles. The standard InChI is InChI=1S/C11H8F4N2O8S/c12-10(13)11(14,15)5-25-9(18)4-26(23,24)8-2-1-6(16(19)20)3-7(8)17(21)22/h1-3,10H,4-5H2. The number of sulfone groups is 1. The van der Waals surface area contributed by atoms with E-state index >= 15 is 0 Å². The topological polar surface area (TPSA) is 147 Å². The Morgan fingerprint density at radius 3 is 2.23 bits per heavy atom. The lowest BCUT2D eigenvalue weighted by atomic mass is 10.3. The summed E-state index contributed by atoms with van der Waals surface area (Å²) in [5.41, 5.74) is -2.04. The van der Waals surface area contributed by atoms with Crippen LogP contribution < -0.4 is 0 Å². The number of halogens is 4. The van der Waals surface area contributed by atoms with E-state index < -0.39 is 66.6 Å². The average molecular weight is 404 g/mol. The molecule has 0 amide bonds. The second kappa shape index (κ2) is 7.59. The van der Waals surface area contributed by atoms with Crippen molar-refractivity contribution in [3.8, 4) is 0 Å². The highest BCUT2D eigenvalue weighted by Crippen LogP contribution is 2.29. The summed E-state index contributed by atoms with van der Waals surface area (Å²) in [5.74, 6) is -8.25. The number of carbonyl (C=O) groups excluding carboxylic acids is 1. The third kappa shape index (κ3) is 5.08. The molecule has 0 spiro atoms. The summed E-state index contributed by atoms with van der Waals surface area (Å²) in [4.78, 5) is 29.3. The van der Waals surface area contributed by atoms with Gasteiger partial charge in [-0.25, -0.2) is 17.2 Å². The van der Waals surface area contributed by atoms with Gasteiger partial charge < -0.3 is 4.74 Å². The van der Waals surface area contributed by atoms with Gasteiger partial charge in [-0.15, -0.1) is 0 Å². The second-order valence-corrected chi connectivity index (χ2v) is 6.61. The summed E-state index contributed by atoms with van der Waals surface area (Å²) >= 11 is 0. The summed E-state index contributed by atoms with van der Waals surface area (Å²) < 4.78 is 76.8. The van der Waals surface area contributed by atoms with Gasteiger partial charge in [-0.3, -0.25) is 25.0 Å². The number of hydrogen-bond acceptors (Lipinski definition) is 8. The smallest absolute Gasteiger partial charge is 0.340 e. The van der Waals surface area contributed by atoms with Crippen LogP contribution in [0.1, 0.15) is 0 Å². The first kappa shape index (κ1) is 21.2. The van der Waals surface area contributed by atoms with E-state index in [4.69, 9.17) is 0 Å². The van der Waals surface area contributed by atoms with Crippen molar-refractivity contribution >= 4 is 27.2 Å². The third-order valence-corrected chi connectivity index (χ3v) is 4.37. The Morgan fingerprint density at radius 2 is 1.77 bits per heavy atom. The summed E-state index contributed by atoms with van der Waals surface area (Å²) in [5, 5.41) is 21.5. The van der Waals surface area contributed by atoms with E-state index in [1.807, 2.05) is 0 Å². The van der Waals surface area contributed by atoms with Crippen LogP contribution in [0.5, 0.6) is 0 Å². The molecule has 0 bridgehead atoms. The Hall–Kier alpha value is -2.84. The molecule has 10 nitrogen and oxygen atoms in total.